The SMILES string of the molecule is Cc1cc(O[Si](C)(C)C(C)(C)C)cc(C)c1OCC(=O)O. The number of hydrogen-bond acceptors (Lipinski definition) is 3. The Kier molecular flexibility index (Phi) is 5.10. The molecule has 0 saturated heterocycles. The predicted molar refractivity (Wildman–Crippen MR) is 86.9 cm³/mol. The summed E-state index contributed by atoms with van der Waals surface area (Å²) >= 11 is 0. The Hall–Kier alpha value is -1.49. The van der Waals surface area contributed by atoms with E-state index >= 15 is 0 Å². The second kappa shape index (κ2) is 6.09. The van der Waals surface area contributed by atoms with Gasteiger partial charge in [0.15, 0.2) is 6.61 Å². The predicted octanol–water partition coefficient (Wildman–Crippen LogP) is 4.15. The monoisotopic (exact) mass is 310 g/mol. The molecule has 21 heavy (non-hydrogen) atoms. The molecule has 0 aliphatic carbocycles. The fraction of sp³-hybridized carbons (Fsp3) is 0.562. The van der Waals surface area contributed by atoms with Crippen LogP contribution >= 0.6 is 0 Å². The van der Waals surface area contributed by atoms with Crippen molar-refractivity contribution in [1.82, 2.24) is 0 Å². The summed E-state index contributed by atoms with van der Waals surface area (Å²) < 4.78 is 11.6. The molecule has 0 bridgehead atoms. The van der Waals surface area contributed by atoms with E-state index in [4.69, 9.17) is 14.3 Å². The van der Waals surface area contributed by atoms with E-state index in [0.717, 1.165) is 16.9 Å². The Morgan fingerprint density at radius 2 is 1.67 bits per heavy atom. The molecule has 0 fully saturated rings. The van der Waals surface area contributed by atoms with Crippen molar-refractivity contribution in [2.45, 2.75) is 52.8 Å². The van der Waals surface area contributed by atoms with Crippen molar-refractivity contribution in [2.75, 3.05) is 6.61 Å². The van der Waals surface area contributed by atoms with Gasteiger partial charge >= 0.3 is 5.97 Å². The summed E-state index contributed by atoms with van der Waals surface area (Å²) in [6, 6.07) is 3.84. The first-order chi connectivity index (χ1) is 9.44. The van der Waals surface area contributed by atoms with Crippen LogP contribution in [0.15, 0.2) is 12.1 Å². The number of aliphatic carboxylic acids is 1. The average molecular weight is 310 g/mol. The summed E-state index contributed by atoms with van der Waals surface area (Å²) in [7, 11) is -1.88. The largest absolute Gasteiger partial charge is 0.543 e. The zero-order chi connectivity index (χ0) is 16.4. The lowest BCUT2D eigenvalue weighted by Gasteiger charge is -2.36. The van der Waals surface area contributed by atoms with Gasteiger partial charge in [0.05, 0.1) is 0 Å². The van der Waals surface area contributed by atoms with Gasteiger partial charge in [-0.15, -0.1) is 0 Å². The van der Waals surface area contributed by atoms with E-state index in [2.05, 4.69) is 33.9 Å². The normalized spacial score (nSPS) is 12.1. The minimum absolute atomic E-state index is 0.132. The highest BCUT2D eigenvalue weighted by molar-refractivity contribution is 6.74. The molecular weight excluding hydrogens is 284 g/mol. The van der Waals surface area contributed by atoms with Gasteiger partial charge < -0.3 is 14.3 Å². The fourth-order valence-electron chi connectivity index (χ4n) is 1.78. The lowest BCUT2D eigenvalue weighted by atomic mass is 10.1. The molecule has 0 unspecified atom stereocenters. The smallest absolute Gasteiger partial charge is 0.341 e. The molecule has 5 heteroatoms. The number of benzene rings is 1. The number of rotatable bonds is 5. The van der Waals surface area contributed by atoms with E-state index in [-0.39, 0.29) is 11.6 Å². The van der Waals surface area contributed by atoms with Crippen LogP contribution in [0.1, 0.15) is 31.9 Å². The van der Waals surface area contributed by atoms with Crippen LogP contribution in [0.4, 0.5) is 0 Å². The Morgan fingerprint density at radius 1 is 1.19 bits per heavy atom. The van der Waals surface area contributed by atoms with E-state index in [1.165, 1.54) is 0 Å². The first kappa shape index (κ1) is 17.6. The Balaban J connectivity index is 3.01. The van der Waals surface area contributed by atoms with Crippen LogP contribution in [0.2, 0.25) is 18.1 Å². The van der Waals surface area contributed by atoms with Crippen LogP contribution in [0, 0.1) is 13.8 Å². The lowest BCUT2D eigenvalue weighted by Crippen LogP contribution is -2.43. The molecular formula is C16H26O4Si. The fourth-order valence-corrected chi connectivity index (χ4v) is 2.79. The topological polar surface area (TPSA) is 55.8 Å². The number of aryl methyl sites for hydroxylation is 2. The van der Waals surface area contributed by atoms with Crippen molar-refractivity contribution in [3.8, 4) is 11.5 Å². The van der Waals surface area contributed by atoms with Crippen molar-refractivity contribution in [2.24, 2.45) is 0 Å². The highest BCUT2D eigenvalue weighted by Crippen LogP contribution is 2.38. The molecule has 0 heterocycles. The van der Waals surface area contributed by atoms with Crippen LogP contribution in [0.5, 0.6) is 11.5 Å². The van der Waals surface area contributed by atoms with Gasteiger partial charge in [-0.25, -0.2) is 4.79 Å². The van der Waals surface area contributed by atoms with Gasteiger partial charge in [-0.1, -0.05) is 20.8 Å². The van der Waals surface area contributed by atoms with E-state index in [1.807, 2.05) is 26.0 Å². The van der Waals surface area contributed by atoms with Gasteiger partial charge in [-0.2, -0.15) is 0 Å². The van der Waals surface area contributed by atoms with Crippen molar-refractivity contribution in [3.05, 3.63) is 23.3 Å². The average Bonchev–Trinajstić information content (AvgIpc) is 2.24. The summed E-state index contributed by atoms with van der Waals surface area (Å²) in [4.78, 5) is 10.6. The number of hydrogen-bond donors (Lipinski definition) is 1. The van der Waals surface area contributed by atoms with E-state index in [0.29, 0.717) is 5.75 Å². The number of carboxylic acid groups (broad SMARTS) is 1. The molecule has 1 aromatic carbocycles. The Morgan fingerprint density at radius 3 is 2.05 bits per heavy atom. The standard InChI is InChI=1S/C16H26O4Si/c1-11-8-13(20-21(6,7)16(3,4)5)9-12(2)15(11)19-10-14(17)18/h8-9H,10H2,1-7H3,(H,17,18). The second-order valence-corrected chi connectivity index (χ2v) is 11.7. The molecule has 0 amide bonds. The lowest BCUT2D eigenvalue weighted by molar-refractivity contribution is -0.139. The highest BCUT2D eigenvalue weighted by atomic mass is 28.4. The van der Waals surface area contributed by atoms with Crippen LogP contribution in [0.25, 0.3) is 0 Å². The first-order valence-corrected chi connectivity index (χ1v) is 10.00. The first-order valence-electron chi connectivity index (χ1n) is 7.09. The van der Waals surface area contributed by atoms with Crippen molar-refractivity contribution < 1.29 is 19.1 Å². The number of carboxylic acids is 1. The summed E-state index contributed by atoms with van der Waals surface area (Å²) in [6.07, 6.45) is 0. The van der Waals surface area contributed by atoms with Crippen LogP contribution in [-0.2, 0) is 4.79 Å². The molecule has 0 saturated carbocycles. The summed E-state index contributed by atoms with van der Waals surface area (Å²) in [5.74, 6) is 0.481. The third kappa shape index (κ3) is 4.49. The third-order valence-corrected chi connectivity index (χ3v) is 8.31. The van der Waals surface area contributed by atoms with Crippen LogP contribution in [-0.4, -0.2) is 26.0 Å². The third-order valence-electron chi connectivity index (χ3n) is 3.95. The van der Waals surface area contributed by atoms with Gasteiger partial charge in [0.25, 0.3) is 0 Å². The van der Waals surface area contributed by atoms with Gasteiger partial charge in [-0.05, 0) is 55.2 Å². The van der Waals surface area contributed by atoms with Gasteiger partial charge in [0.1, 0.15) is 11.5 Å². The molecule has 0 aliphatic rings. The van der Waals surface area contributed by atoms with Crippen molar-refractivity contribution in [3.63, 3.8) is 0 Å². The maximum Gasteiger partial charge on any atom is 0.341 e. The molecule has 1 N–H and O–H groups in total. The molecule has 118 valence electrons. The zero-order valence-electron chi connectivity index (χ0n) is 14.0. The van der Waals surface area contributed by atoms with E-state index in [1.54, 1.807) is 0 Å². The molecule has 1 aromatic rings. The van der Waals surface area contributed by atoms with Crippen molar-refractivity contribution in [1.29, 1.82) is 0 Å². The summed E-state index contributed by atoms with van der Waals surface area (Å²) in [5, 5.41) is 8.84. The van der Waals surface area contributed by atoms with E-state index < -0.39 is 14.3 Å². The molecule has 0 spiro atoms. The van der Waals surface area contributed by atoms with Gasteiger partial charge in [0, 0.05) is 0 Å². The molecule has 4 nitrogen and oxygen atoms in total. The Labute approximate surface area is 128 Å². The maximum absolute atomic E-state index is 10.6. The minimum Gasteiger partial charge on any atom is -0.543 e. The number of carbonyl (C=O) groups is 1. The highest BCUT2D eigenvalue weighted by Gasteiger charge is 2.39. The molecule has 0 aromatic heterocycles. The van der Waals surface area contributed by atoms with E-state index in [9.17, 15) is 4.79 Å². The zero-order valence-corrected chi connectivity index (χ0v) is 15.0. The van der Waals surface area contributed by atoms with Crippen LogP contribution < -0.4 is 9.16 Å². The molecule has 0 radical (unpaired) electrons. The number of ether oxygens (including phenoxy) is 1. The second-order valence-electron chi connectivity index (χ2n) is 6.93. The summed E-state index contributed by atoms with van der Waals surface area (Å²) in [5.41, 5.74) is 1.79. The summed E-state index contributed by atoms with van der Waals surface area (Å²) in [6.45, 7) is 14.5. The molecule has 1 rings (SSSR count). The molecule has 0 aliphatic heterocycles. The minimum atomic E-state index is -1.88. The van der Waals surface area contributed by atoms with Gasteiger partial charge in [-0.3, -0.25) is 0 Å². The Bertz CT molecular complexity index is 507. The van der Waals surface area contributed by atoms with Crippen LogP contribution in [0.3, 0.4) is 0 Å². The van der Waals surface area contributed by atoms with Gasteiger partial charge in [0.2, 0.25) is 8.32 Å². The maximum atomic E-state index is 10.6. The quantitative estimate of drug-likeness (QED) is 0.830. The molecule has 0 atom stereocenters. The van der Waals surface area contributed by atoms with Crippen molar-refractivity contribution >= 4 is 14.3 Å².